The third kappa shape index (κ3) is 36.7. The van der Waals surface area contributed by atoms with Crippen molar-refractivity contribution < 1.29 is 80.2 Å². The molecule has 0 aromatic heterocycles. The molecule has 0 aliphatic heterocycles. The number of carbonyl (C=O) groups excluding carboxylic acids is 4. The van der Waals surface area contributed by atoms with Gasteiger partial charge in [-0.2, -0.15) is 0 Å². The van der Waals surface area contributed by atoms with E-state index in [1.165, 1.54) is 51.4 Å². The van der Waals surface area contributed by atoms with Crippen molar-refractivity contribution in [1.82, 2.24) is 0 Å². The lowest BCUT2D eigenvalue weighted by atomic mass is 10.0. The van der Waals surface area contributed by atoms with Gasteiger partial charge in [-0.1, -0.05) is 137 Å². The molecule has 0 saturated carbocycles. The third-order valence-electron chi connectivity index (χ3n) is 9.16. The van der Waals surface area contributed by atoms with Crippen molar-refractivity contribution in [3.05, 3.63) is 0 Å². The molecule has 0 spiro atoms. The molecule has 0 aliphatic carbocycles. The number of hydrogen-bond donors (Lipinski definition) is 3. The summed E-state index contributed by atoms with van der Waals surface area (Å²) in [6, 6.07) is 0. The van der Waals surface area contributed by atoms with Gasteiger partial charge in [0, 0.05) is 25.7 Å². The van der Waals surface area contributed by atoms with E-state index in [-0.39, 0.29) is 25.7 Å². The van der Waals surface area contributed by atoms with Crippen molar-refractivity contribution in [3.8, 4) is 0 Å². The summed E-state index contributed by atoms with van der Waals surface area (Å²) in [7, 11) is -9.78. The molecule has 0 saturated heterocycles. The second-order valence-corrected chi connectivity index (χ2v) is 17.9. The first-order chi connectivity index (χ1) is 28.7. The topological polar surface area (TPSA) is 237 Å². The molecule has 0 bridgehead atoms. The van der Waals surface area contributed by atoms with Crippen LogP contribution in [0, 0.1) is 0 Å². The van der Waals surface area contributed by atoms with E-state index in [9.17, 15) is 43.2 Å². The largest absolute Gasteiger partial charge is 0.472 e. The molecule has 60 heavy (non-hydrogen) atoms. The molecule has 0 rings (SSSR count). The monoisotopic (exact) mass is 904 g/mol. The minimum Gasteiger partial charge on any atom is -0.462 e. The normalized spacial score (nSPS) is 15.0. The molecule has 0 radical (unpaired) electrons. The van der Waals surface area contributed by atoms with Crippen molar-refractivity contribution >= 4 is 39.5 Å². The van der Waals surface area contributed by atoms with Crippen LogP contribution in [0.5, 0.6) is 0 Å². The van der Waals surface area contributed by atoms with Crippen LogP contribution in [-0.4, -0.2) is 96.7 Å². The van der Waals surface area contributed by atoms with Gasteiger partial charge in [0.25, 0.3) is 0 Å². The summed E-state index contributed by atoms with van der Waals surface area (Å²) in [4.78, 5) is 69.0. The Labute approximate surface area is 358 Å². The van der Waals surface area contributed by atoms with Gasteiger partial charge >= 0.3 is 39.5 Å². The molecule has 0 heterocycles. The van der Waals surface area contributed by atoms with Crippen LogP contribution < -0.4 is 0 Å². The first kappa shape index (κ1) is 58.1. The van der Waals surface area contributed by atoms with E-state index in [0.717, 1.165) is 57.8 Å². The maximum atomic E-state index is 12.6. The lowest BCUT2D eigenvalue weighted by molar-refractivity contribution is -0.161. The lowest BCUT2D eigenvalue weighted by Crippen LogP contribution is -2.30. The van der Waals surface area contributed by atoms with Crippen LogP contribution in [0.25, 0.3) is 0 Å². The van der Waals surface area contributed by atoms with E-state index in [0.29, 0.717) is 19.3 Å². The minimum absolute atomic E-state index is 0.0513. The summed E-state index contributed by atoms with van der Waals surface area (Å²) in [5.41, 5.74) is 0. The van der Waals surface area contributed by atoms with Gasteiger partial charge in [0.15, 0.2) is 12.2 Å². The highest BCUT2D eigenvalue weighted by atomic mass is 31.2. The molecule has 17 nitrogen and oxygen atoms in total. The fourth-order valence-corrected chi connectivity index (χ4v) is 7.17. The molecule has 2 unspecified atom stereocenters. The van der Waals surface area contributed by atoms with E-state index >= 15 is 0 Å². The number of rotatable bonds is 42. The van der Waals surface area contributed by atoms with Gasteiger partial charge in [0.05, 0.1) is 26.4 Å². The summed E-state index contributed by atoms with van der Waals surface area (Å²) in [5.74, 6) is -2.31. The van der Waals surface area contributed by atoms with Crippen LogP contribution in [-0.2, 0) is 65.4 Å². The van der Waals surface area contributed by atoms with E-state index in [4.69, 9.17) is 37.0 Å². The SMILES string of the molecule is CCCCCCCCCCCCCCCC(=O)O[C@H](COC(=O)CC)COP(=O)(O)OC[C@H](O)COP(=O)(O)OC[C@@H](COC(=O)CCCCCCC)OC(=O)CCCC. The summed E-state index contributed by atoms with van der Waals surface area (Å²) in [5, 5.41) is 10.2. The van der Waals surface area contributed by atoms with Gasteiger partial charge in [-0.05, 0) is 19.3 Å². The molecule has 3 N–H and O–H groups in total. The van der Waals surface area contributed by atoms with Crippen molar-refractivity contribution in [3.63, 3.8) is 0 Å². The minimum atomic E-state index is -4.89. The Hall–Kier alpha value is -1.94. The van der Waals surface area contributed by atoms with Gasteiger partial charge in [-0.3, -0.25) is 37.3 Å². The summed E-state index contributed by atoms with van der Waals surface area (Å²) in [6.07, 6.45) is 17.0. The predicted octanol–water partition coefficient (Wildman–Crippen LogP) is 8.97. The molecule has 0 aromatic rings. The Morgan fingerprint density at radius 2 is 0.733 bits per heavy atom. The number of aliphatic hydroxyl groups excluding tert-OH is 1. The first-order valence-corrected chi connectivity index (χ1v) is 25.3. The summed E-state index contributed by atoms with van der Waals surface area (Å²) >= 11 is 0. The number of esters is 4. The van der Waals surface area contributed by atoms with Crippen LogP contribution in [0.1, 0.15) is 182 Å². The number of unbranched alkanes of at least 4 members (excludes halogenated alkanes) is 17. The van der Waals surface area contributed by atoms with Crippen LogP contribution >= 0.6 is 15.6 Å². The van der Waals surface area contributed by atoms with Crippen LogP contribution in [0.2, 0.25) is 0 Å². The average Bonchev–Trinajstić information content (AvgIpc) is 3.22. The van der Waals surface area contributed by atoms with Gasteiger partial charge in [0.1, 0.15) is 19.3 Å². The van der Waals surface area contributed by atoms with Gasteiger partial charge in [-0.15, -0.1) is 0 Å². The van der Waals surface area contributed by atoms with Gasteiger partial charge in [0.2, 0.25) is 0 Å². The highest BCUT2D eigenvalue weighted by Crippen LogP contribution is 2.45. The summed E-state index contributed by atoms with van der Waals surface area (Å²) < 4.78 is 65.4. The molecule has 5 atom stereocenters. The highest BCUT2D eigenvalue weighted by Gasteiger charge is 2.30. The van der Waals surface area contributed by atoms with Crippen molar-refractivity contribution in [2.75, 3.05) is 39.6 Å². The second kappa shape index (κ2) is 37.6. The second-order valence-electron chi connectivity index (χ2n) is 15.0. The molecule has 354 valence electrons. The zero-order valence-electron chi connectivity index (χ0n) is 36.9. The Kier molecular flexibility index (Phi) is 36.4. The van der Waals surface area contributed by atoms with Crippen LogP contribution in [0.3, 0.4) is 0 Å². The predicted molar refractivity (Wildman–Crippen MR) is 225 cm³/mol. The number of carbonyl (C=O) groups is 4. The number of phosphoric ester groups is 2. The van der Waals surface area contributed by atoms with Crippen molar-refractivity contribution in [2.45, 2.75) is 200 Å². The van der Waals surface area contributed by atoms with Gasteiger partial charge < -0.3 is 33.8 Å². The Morgan fingerprint density at radius 3 is 1.12 bits per heavy atom. The molecule has 0 aliphatic rings. The fraction of sp³-hybridized carbons (Fsp3) is 0.902. The Balaban J connectivity index is 4.77. The first-order valence-electron chi connectivity index (χ1n) is 22.3. The Bertz CT molecular complexity index is 1220. The quantitative estimate of drug-likeness (QED) is 0.0224. The smallest absolute Gasteiger partial charge is 0.462 e. The average molecular weight is 905 g/mol. The van der Waals surface area contributed by atoms with Crippen molar-refractivity contribution in [2.24, 2.45) is 0 Å². The Morgan fingerprint density at radius 1 is 0.417 bits per heavy atom. The van der Waals surface area contributed by atoms with Gasteiger partial charge in [-0.25, -0.2) is 9.13 Å². The fourth-order valence-electron chi connectivity index (χ4n) is 5.59. The standard InChI is InChI=1S/C41H78O17P2/c1-5-9-12-14-15-16-17-18-19-20-21-23-25-28-41(46)58-36(31-51-38(43)8-4)33-55-59(47,48)53-29-35(42)30-54-60(49,50)56-34-37(57-40(45)26-11-7-3)32-52-39(44)27-24-22-13-10-6-2/h35-37,42H,5-34H2,1-4H3,(H,47,48)(H,49,50)/t35-,36+,37+/m0/s1. The highest BCUT2D eigenvalue weighted by molar-refractivity contribution is 7.47. The third-order valence-corrected chi connectivity index (χ3v) is 11.1. The molecule has 0 amide bonds. The molecule has 0 fully saturated rings. The van der Waals surface area contributed by atoms with Crippen molar-refractivity contribution in [1.29, 1.82) is 0 Å². The lowest BCUT2D eigenvalue weighted by Gasteiger charge is -2.21. The van der Waals surface area contributed by atoms with Crippen LogP contribution in [0.15, 0.2) is 0 Å². The number of hydrogen-bond acceptors (Lipinski definition) is 15. The maximum absolute atomic E-state index is 12.6. The van der Waals surface area contributed by atoms with E-state index < -0.39 is 97.5 Å². The molecule has 0 aromatic carbocycles. The van der Waals surface area contributed by atoms with E-state index in [2.05, 4.69) is 13.8 Å². The zero-order chi connectivity index (χ0) is 44.9. The zero-order valence-corrected chi connectivity index (χ0v) is 38.7. The molecular formula is C41H78O17P2. The number of aliphatic hydroxyl groups is 1. The molecule has 19 heteroatoms. The maximum Gasteiger partial charge on any atom is 0.472 e. The molecular weight excluding hydrogens is 826 g/mol. The number of phosphoric acid groups is 2. The van der Waals surface area contributed by atoms with E-state index in [1.54, 1.807) is 6.92 Å². The summed E-state index contributed by atoms with van der Waals surface area (Å²) in [6.45, 7) is 3.74. The van der Waals surface area contributed by atoms with E-state index in [1.807, 2.05) is 6.92 Å². The van der Waals surface area contributed by atoms with Crippen LogP contribution in [0.4, 0.5) is 0 Å². The number of ether oxygens (including phenoxy) is 4.